The zero-order chi connectivity index (χ0) is 12.8. The number of hydrogen-bond donors (Lipinski definition) is 1. The summed E-state index contributed by atoms with van der Waals surface area (Å²) in [5.41, 5.74) is 0. The Kier molecular flexibility index (Phi) is 12.9. The first kappa shape index (κ1) is 16.4. The van der Waals surface area contributed by atoms with E-state index in [4.69, 9.17) is 14.2 Å². The number of carbonyl (C=O) groups is 1. The average molecular weight is 247 g/mol. The van der Waals surface area contributed by atoms with Crippen LogP contribution >= 0.6 is 0 Å². The van der Waals surface area contributed by atoms with Gasteiger partial charge in [-0.15, -0.1) is 0 Å². The fourth-order valence-electron chi connectivity index (χ4n) is 1.14. The molecule has 1 amide bonds. The molecule has 0 rings (SSSR count). The topological polar surface area (TPSA) is 56.8 Å². The van der Waals surface area contributed by atoms with Gasteiger partial charge < -0.3 is 19.5 Å². The summed E-state index contributed by atoms with van der Waals surface area (Å²) >= 11 is 0. The van der Waals surface area contributed by atoms with E-state index in [1.807, 2.05) is 6.92 Å². The van der Waals surface area contributed by atoms with E-state index in [2.05, 4.69) is 12.2 Å². The van der Waals surface area contributed by atoms with Crippen molar-refractivity contribution in [1.82, 2.24) is 5.32 Å². The molecule has 0 aromatic carbocycles. The van der Waals surface area contributed by atoms with Gasteiger partial charge in [0.05, 0.1) is 33.0 Å². The Morgan fingerprint density at radius 1 is 0.882 bits per heavy atom. The molecule has 17 heavy (non-hydrogen) atoms. The second-order valence-corrected chi connectivity index (χ2v) is 3.54. The van der Waals surface area contributed by atoms with Crippen LogP contribution in [0.25, 0.3) is 0 Å². The molecule has 0 aliphatic heterocycles. The van der Waals surface area contributed by atoms with Crippen molar-refractivity contribution in [3.8, 4) is 0 Å². The fourth-order valence-corrected chi connectivity index (χ4v) is 1.14. The van der Waals surface area contributed by atoms with Crippen LogP contribution in [0.2, 0.25) is 0 Å². The van der Waals surface area contributed by atoms with Gasteiger partial charge in [0.25, 0.3) is 0 Å². The average Bonchev–Trinajstić information content (AvgIpc) is 2.32. The van der Waals surface area contributed by atoms with Crippen molar-refractivity contribution in [2.75, 3.05) is 46.2 Å². The molecule has 5 nitrogen and oxygen atoms in total. The van der Waals surface area contributed by atoms with E-state index in [1.165, 1.54) is 0 Å². The maximum atomic E-state index is 11.0. The number of amides is 1. The number of nitrogens with one attached hydrogen (secondary N) is 1. The first-order chi connectivity index (χ1) is 8.31. The van der Waals surface area contributed by atoms with Crippen molar-refractivity contribution < 1.29 is 19.0 Å². The molecule has 0 saturated carbocycles. The maximum Gasteiger partial charge on any atom is 0.222 e. The summed E-state index contributed by atoms with van der Waals surface area (Å²) in [6.07, 6.45) is 1.44. The summed E-state index contributed by atoms with van der Waals surface area (Å²) in [6, 6.07) is 0. The van der Waals surface area contributed by atoms with E-state index < -0.39 is 0 Å². The molecule has 0 fully saturated rings. The smallest absolute Gasteiger partial charge is 0.222 e. The molecule has 0 aliphatic carbocycles. The molecule has 0 saturated heterocycles. The van der Waals surface area contributed by atoms with E-state index in [1.54, 1.807) is 0 Å². The summed E-state index contributed by atoms with van der Waals surface area (Å²) in [4.78, 5) is 11.0. The molecule has 0 unspecified atom stereocenters. The minimum absolute atomic E-state index is 0.0291. The monoisotopic (exact) mass is 247 g/mol. The van der Waals surface area contributed by atoms with Gasteiger partial charge in [0.1, 0.15) is 0 Å². The number of carbonyl (C=O) groups excluding carboxylic acids is 1. The molecule has 0 spiro atoms. The Morgan fingerprint density at radius 3 is 1.94 bits per heavy atom. The van der Waals surface area contributed by atoms with Crippen molar-refractivity contribution >= 4 is 5.91 Å². The van der Waals surface area contributed by atoms with E-state index >= 15 is 0 Å². The lowest BCUT2D eigenvalue weighted by atomic mass is 10.4. The lowest BCUT2D eigenvalue weighted by Gasteiger charge is -2.06. The molecule has 0 aliphatic rings. The summed E-state index contributed by atoms with van der Waals surface area (Å²) in [5.74, 6) is 0.0291. The van der Waals surface area contributed by atoms with Gasteiger partial charge in [0.15, 0.2) is 0 Å². The van der Waals surface area contributed by atoms with E-state index in [9.17, 15) is 4.79 Å². The molecule has 0 aromatic rings. The van der Waals surface area contributed by atoms with Crippen LogP contribution in [0.5, 0.6) is 0 Å². The second-order valence-electron chi connectivity index (χ2n) is 3.54. The minimum atomic E-state index is 0.0291. The fraction of sp³-hybridized carbons (Fsp3) is 0.917. The van der Waals surface area contributed by atoms with Gasteiger partial charge in [0, 0.05) is 19.6 Å². The van der Waals surface area contributed by atoms with E-state index in [-0.39, 0.29) is 5.91 Å². The molecule has 0 bridgehead atoms. The van der Waals surface area contributed by atoms with Gasteiger partial charge in [-0.1, -0.05) is 6.92 Å². The summed E-state index contributed by atoms with van der Waals surface area (Å²) in [7, 11) is 0. The predicted molar refractivity (Wildman–Crippen MR) is 66.0 cm³/mol. The Hall–Kier alpha value is -0.650. The van der Waals surface area contributed by atoms with Crippen LogP contribution in [0, 0.1) is 0 Å². The normalized spacial score (nSPS) is 10.5. The zero-order valence-electron chi connectivity index (χ0n) is 11.0. The minimum Gasteiger partial charge on any atom is -0.379 e. The van der Waals surface area contributed by atoms with Gasteiger partial charge in [-0.3, -0.25) is 4.79 Å². The van der Waals surface area contributed by atoms with Gasteiger partial charge in [-0.2, -0.15) is 0 Å². The van der Waals surface area contributed by atoms with Crippen LogP contribution in [0.3, 0.4) is 0 Å². The Labute approximate surface area is 104 Å². The van der Waals surface area contributed by atoms with Crippen LogP contribution < -0.4 is 5.32 Å². The Bertz CT molecular complexity index is 176. The van der Waals surface area contributed by atoms with Gasteiger partial charge >= 0.3 is 0 Å². The molecule has 0 radical (unpaired) electrons. The first-order valence-electron chi connectivity index (χ1n) is 6.31. The third-order valence-corrected chi connectivity index (χ3v) is 1.94. The standard InChI is InChI=1S/C12H25NO4/c1-3-6-15-8-10-17-11-9-16-7-5-12(14)13-4-2/h3-11H2,1-2H3,(H,13,14). The SMILES string of the molecule is CCCOCCOCCOCCC(=O)NCC. The highest BCUT2D eigenvalue weighted by molar-refractivity contribution is 5.75. The quantitative estimate of drug-likeness (QED) is 0.522. The van der Waals surface area contributed by atoms with E-state index in [0.29, 0.717) is 46.0 Å². The molecule has 102 valence electrons. The van der Waals surface area contributed by atoms with E-state index in [0.717, 1.165) is 13.0 Å². The highest BCUT2D eigenvalue weighted by Gasteiger charge is 1.98. The number of hydrogen-bond acceptors (Lipinski definition) is 4. The summed E-state index contributed by atoms with van der Waals surface area (Å²) in [5, 5.41) is 2.71. The Balaban J connectivity index is 3.01. The third-order valence-electron chi connectivity index (χ3n) is 1.94. The number of ether oxygens (including phenoxy) is 3. The molecule has 0 atom stereocenters. The van der Waals surface area contributed by atoms with Crippen molar-refractivity contribution in [3.05, 3.63) is 0 Å². The zero-order valence-corrected chi connectivity index (χ0v) is 11.0. The second kappa shape index (κ2) is 13.4. The van der Waals surface area contributed by atoms with Crippen LogP contribution in [0.1, 0.15) is 26.7 Å². The predicted octanol–water partition coefficient (Wildman–Crippen LogP) is 0.972. The van der Waals surface area contributed by atoms with Gasteiger partial charge in [-0.05, 0) is 13.3 Å². The maximum absolute atomic E-state index is 11.0. The van der Waals surface area contributed by atoms with Crippen molar-refractivity contribution in [2.45, 2.75) is 26.7 Å². The van der Waals surface area contributed by atoms with Crippen molar-refractivity contribution in [3.63, 3.8) is 0 Å². The summed E-state index contributed by atoms with van der Waals surface area (Å²) < 4.78 is 15.8. The molecule has 1 N–H and O–H groups in total. The van der Waals surface area contributed by atoms with Crippen LogP contribution in [-0.2, 0) is 19.0 Å². The molecular formula is C12H25NO4. The highest BCUT2D eigenvalue weighted by Crippen LogP contribution is 1.85. The highest BCUT2D eigenvalue weighted by atomic mass is 16.5. The van der Waals surface area contributed by atoms with Crippen LogP contribution in [0.15, 0.2) is 0 Å². The van der Waals surface area contributed by atoms with Gasteiger partial charge in [0.2, 0.25) is 5.91 Å². The van der Waals surface area contributed by atoms with Crippen LogP contribution in [0.4, 0.5) is 0 Å². The Morgan fingerprint density at radius 2 is 1.41 bits per heavy atom. The van der Waals surface area contributed by atoms with Gasteiger partial charge in [-0.25, -0.2) is 0 Å². The largest absolute Gasteiger partial charge is 0.379 e. The molecule has 0 heterocycles. The number of rotatable bonds is 12. The van der Waals surface area contributed by atoms with Crippen molar-refractivity contribution in [2.24, 2.45) is 0 Å². The molecule has 0 aromatic heterocycles. The lowest BCUT2D eigenvalue weighted by molar-refractivity contribution is -0.122. The third kappa shape index (κ3) is 13.3. The van der Waals surface area contributed by atoms with Crippen molar-refractivity contribution in [1.29, 1.82) is 0 Å². The lowest BCUT2D eigenvalue weighted by Crippen LogP contribution is -2.24. The first-order valence-corrected chi connectivity index (χ1v) is 6.31. The molecule has 5 heteroatoms. The van der Waals surface area contributed by atoms with Crippen LogP contribution in [-0.4, -0.2) is 52.1 Å². The summed E-state index contributed by atoms with van der Waals surface area (Å²) in [6.45, 7) is 8.16. The molecular weight excluding hydrogens is 222 g/mol.